The molecule has 0 saturated heterocycles. The summed E-state index contributed by atoms with van der Waals surface area (Å²) in [7, 11) is 0. The number of aromatic carboxylic acids is 1. The van der Waals surface area contributed by atoms with Gasteiger partial charge in [-0.1, -0.05) is 53.8 Å². The van der Waals surface area contributed by atoms with Crippen LogP contribution in [0.1, 0.15) is 20.9 Å². The van der Waals surface area contributed by atoms with E-state index in [4.69, 9.17) is 0 Å². The molecule has 8 nitrogen and oxygen atoms in total. The van der Waals surface area contributed by atoms with Crippen LogP contribution in [0.15, 0.2) is 69.6 Å². The number of benzene rings is 2. The fraction of sp³-hybridized carbons (Fsp3) is 0.0952. The second-order valence-corrected chi connectivity index (χ2v) is 7.70. The van der Waals surface area contributed by atoms with Crippen LogP contribution in [0.25, 0.3) is 16.4 Å². The highest BCUT2D eigenvalue weighted by Gasteiger charge is 2.17. The number of hydrogen-bond donors (Lipinski definition) is 2. The molecule has 4 aromatic rings. The molecule has 4 rings (SSSR count). The topological polar surface area (TPSA) is 113 Å². The van der Waals surface area contributed by atoms with Crippen molar-refractivity contribution >= 4 is 28.7 Å². The molecule has 2 aromatic carbocycles. The van der Waals surface area contributed by atoms with E-state index < -0.39 is 11.5 Å². The number of aryl methyl sites for hydroxylation is 2. The molecule has 2 aromatic heterocycles. The van der Waals surface area contributed by atoms with E-state index in [1.54, 1.807) is 19.1 Å². The third kappa shape index (κ3) is 3.58. The molecule has 0 aliphatic heterocycles. The average molecular weight is 419 g/mol. The molecule has 150 valence electrons. The van der Waals surface area contributed by atoms with Crippen molar-refractivity contribution in [1.29, 1.82) is 0 Å². The normalized spacial score (nSPS) is 11.3. The van der Waals surface area contributed by atoms with E-state index in [9.17, 15) is 14.7 Å². The Labute approximate surface area is 175 Å². The van der Waals surface area contributed by atoms with Gasteiger partial charge in [0.15, 0.2) is 5.69 Å². The molecule has 0 amide bonds. The molecule has 0 spiro atoms. The van der Waals surface area contributed by atoms with E-state index in [1.165, 1.54) is 28.2 Å². The quantitative estimate of drug-likeness (QED) is 0.442. The maximum Gasteiger partial charge on any atom is 0.337 e. The van der Waals surface area contributed by atoms with Crippen molar-refractivity contribution in [3.05, 3.63) is 81.1 Å². The lowest BCUT2D eigenvalue weighted by molar-refractivity contribution is 0.0697. The summed E-state index contributed by atoms with van der Waals surface area (Å²) in [6.07, 6.45) is 0. The van der Waals surface area contributed by atoms with Gasteiger partial charge >= 0.3 is 11.5 Å². The summed E-state index contributed by atoms with van der Waals surface area (Å²) >= 11 is 1.39. The van der Waals surface area contributed by atoms with Crippen LogP contribution in [0.5, 0.6) is 0 Å². The van der Waals surface area contributed by atoms with Gasteiger partial charge in [-0.05, 0) is 26.0 Å². The van der Waals surface area contributed by atoms with E-state index >= 15 is 0 Å². The molecular weight excluding hydrogens is 402 g/mol. The number of hydrogen-bond acceptors (Lipinski definition) is 6. The number of carboxylic acid groups (broad SMARTS) is 1. The van der Waals surface area contributed by atoms with Gasteiger partial charge in [0.25, 0.3) is 0 Å². The van der Waals surface area contributed by atoms with Gasteiger partial charge in [0.1, 0.15) is 5.69 Å². The second-order valence-electron chi connectivity index (χ2n) is 6.52. The molecule has 2 N–H and O–H groups in total. The van der Waals surface area contributed by atoms with Crippen molar-refractivity contribution in [2.45, 2.75) is 13.8 Å². The SMILES string of the molecule is Cc1[nH]n(-c2nc(-c3ccccc3)c(C)s2)c(=O)c1N=Nc1ccccc1C(=O)O. The number of nitrogens with zero attached hydrogens (tertiary/aromatic N) is 4. The minimum atomic E-state index is -1.11. The summed E-state index contributed by atoms with van der Waals surface area (Å²) in [6, 6.07) is 16.0. The summed E-state index contributed by atoms with van der Waals surface area (Å²) in [5, 5.41) is 20.8. The first-order chi connectivity index (χ1) is 14.5. The summed E-state index contributed by atoms with van der Waals surface area (Å²) in [4.78, 5) is 29.8. The zero-order valence-corrected chi connectivity index (χ0v) is 17.0. The fourth-order valence-electron chi connectivity index (χ4n) is 2.98. The third-order valence-electron chi connectivity index (χ3n) is 4.46. The molecule has 0 aliphatic carbocycles. The summed E-state index contributed by atoms with van der Waals surface area (Å²) in [5.41, 5.74) is 2.17. The Bertz CT molecular complexity index is 1320. The first kappa shape index (κ1) is 19.5. The number of thiazole rings is 1. The van der Waals surface area contributed by atoms with Crippen LogP contribution in [-0.2, 0) is 0 Å². The van der Waals surface area contributed by atoms with Gasteiger partial charge < -0.3 is 5.11 Å². The number of nitrogens with one attached hydrogen (secondary N) is 1. The Kier molecular flexibility index (Phi) is 5.11. The monoisotopic (exact) mass is 419 g/mol. The summed E-state index contributed by atoms with van der Waals surface area (Å²) in [5.74, 6) is -1.11. The number of azo groups is 1. The van der Waals surface area contributed by atoms with Gasteiger partial charge in [0.05, 0.1) is 17.0 Å². The van der Waals surface area contributed by atoms with Crippen LogP contribution in [0.3, 0.4) is 0 Å². The number of carboxylic acids is 1. The van der Waals surface area contributed by atoms with Gasteiger partial charge in [-0.3, -0.25) is 9.89 Å². The molecule has 0 fully saturated rings. The Morgan fingerprint density at radius 1 is 1.07 bits per heavy atom. The Morgan fingerprint density at radius 3 is 2.50 bits per heavy atom. The lowest BCUT2D eigenvalue weighted by Gasteiger charge is -1.97. The molecular formula is C21H17N5O3S. The van der Waals surface area contributed by atoms with E-state index in [-0.39, 0.29) is 16.9 Å². The van der Waals surface area contributed by atoms with Crippen molar-refractivity contribution in [3.8, 4) is 16.4 Å². The molecule has 9 heteroatoms. The van der Waals surface area contributed by atoms with Gasteiger partial charge in [-0.2, -0.15) is 4.68 Å². The zero-order chi connectivity index (χ0) is 21.3. The van der Waals surface area contributed by atoms with Crippen LogP contribution in [0.4, 0.5) is 11.4 Å². The van der Waals surface area contributed by atoms with Gasteiger partial charge in [0, 0.05) is 10.4 Å². The second kappa shape index (κ2) is 7.88. The van der Waals surface area contributed by atoms with E-state index in [1.807, 2.05) is 37.3 Å². The molecule has 0 radical (unpaired) electrons. The first-order valence-electron chi connectivity index (χ1n) is 9.04. The minimum Gasteiger partial charge on any atom is -0.478 e. The van der Waals surface area contributed by atoms with E-state index in [2.05, 4.69) is 20.3 Å². The predicted molar refractivity (Wildman–Crippen MR) is 115 cm³/mol. The molecule has 0 aliphatic rings. The Morgan fingerprint density at radius 2 is 1.77 bits per heavy atom. The molecule has 2 heterocycles. The first-order valence-corrected chi connectivity index (χ1v) is 9.86. The summed E-state index contributed by atoms with van der Waals surface area (Å²) in [6.45, 7) is 3.65. The van der Waals surface area contributed by atoms with Crippen LogP contribution < -0.4 is 5.56 Å². The minimum absolute atomic E-state index is 0.0119. The molecule has 0 saturated carbocycles. The highest BCUT2D eigenvalue weighted by atomic mass is 32.1. The van der Waals surface area contributed by atoms with Crippen molar-refractivity contribution in [3.63, 3.8) is 0 Å². The third-order valence-corrected chi connectivity index (χ3v) is 5.41. The maximum atomic E-state index is 12.9. The number of rotatable bonds is 5. The maximum absolute atomic E-state index is 12.9. The van der Waals surface area contributed by atoms with Crippen molar-refractivity contribution in [1.82, 2.24) is 14.8 Å². The van der Waals surface area contributed by atoms with Crippen molar-refractivity contribution in [2.24, 2.45) is 10.2 Å². The van der Waals surface area contributed by atoms with Crippen molar-refractivity contribution in [2.75, 3.05) is 0 Å². The number of H-pyrrole nitrogens is 1. The number of aromatic amines is 1. The summed E-state index contributed by atoms with van der Waals surface area (Å²) < 4.78 is 1.33. The zero-order valence-electron chi connectivity index (χ0n) is 16.2. The molecule has 0 atom stereocenters. The number of aromatic nitrogens is 3. The van der Waals surface area contributed by atoms with Gasteiger partial charge in [-0.15, -0.1) is 10.2 Å². The van der Waals surface area contributed by atoms with Crippen molar-refractivity contribution < 1.29 is 9.90 Å². The molecule has 0 unspecified atom stereocenters. The fourth-order valence-corrected chi connectivity index (χ4v) is 3.87. The highest BCUT2D eigenvalue weighted by Crippen LogP contribution is 2.29. The Balaban J connectivity index is 1.72. The van der Waals surface area contributed by atoms with Gasteiger partial charge in [0.2, 0.25) is 5.13 Å². The predicted octanol–water partition coefficient (Wildman–Crippen LogP) is 5.02. The number of carbonyl (C=O) groups is 1. The van der Waals surface area contributed by atoms with Crippen LogP contribution >= 0.6 is 11.3 Å². The van der Waals surface area contributed by atoms with Crippen LogP contribution in [-0.4, -0.2) is 25.8 Å². The largest absolute Gasteiger partial charge is 0.478 e. The van der Waals surface area contributed by atoms with Crippen LogP contribution in [0.2, 0.25) is 0 Å². The van der Waals surface area contributed by atoms with E-state index in [0.717, 1.165) is 16.1 Å². The lowest BCUT2D eigenvalue weighted by Crippen LogP contribution is -2.13. The molecule has 30 heavy (non-hydrogen) atoms. The molecule has 0 bridgehead atoms. The average Bonchev–Trinajstić information content (AvgIpc) is 3.26. The standard InChI is InChI=1S/C21H17N5O3S/c1-12-17(24-23-16-11-7-6-10-15(16)20(28)29)19(27)26(25-12)21-22-18(13(2)30-21)14-8-4-3-5-9-14/h3-11,25H,1-2H3,(H,28,29). The van der Waals surface area contributed by atoms with Gasteiger partial charge in [-0.25, -0.2) is 9.78 Å². The smallest absolute Gasteiger partial charge is 0.337 e. The van der Waals surface area contributed by atoms with Crippen LogP contribution in [0, 0.1) is 13.8 Å². The lowest BCUT2D eigenvalue weighted by atomic mass is 10.1. The van der Waals surface area contributed by atoms with E-state index in [0.29, 0.717) is 10.8 Å². The highest BCUT2D eigenvalue weighted by molar-refractivity contribution is 7.14. The Hall–Kier alpha value is -3.85.